The van der Waals surface area contributed by atoms with Gasteiger partial charge in [-0.3, -0.25) is 4.79 Å². The average Bonchev–Trinajstić information content (AvgIpc) is 3.35. The highest BCUT2D eigenvalue weighted by molar-refractivity contribution is 7.17. The molecule has 5 rings (SSSR count). The molecule has 0 saturated carbocycles. The first-order chi connectivity index (χ1) is 16.1. The summed E-state index contributed by atoms with van der Waals surface area (Å²) in [6, 6.07) is 15.9. The Hall–Kier alpha value is -3.39. The van der Waals surface area contributed by atoms with Gasteiger partial charge in [0.25, 0.3) is 5.91 Å². The first kappa shape index (κ1) is 21.5. The summed E-state index contributed by atoms with van der Waals surface area (Å²) in [6.07, 6.45) is 0.895. The van der Waals surface area contributed by atoms with Crippen molar-refractivity contribution in [3.05, 3.63) is 59.1 Å². The van der Waals surface area contributed by atoms with Crippen molar-refractivity contribution in [2.45, 2.75) is 20.3 Å². The van der Waals surface area contributed by atoms with E-state index >= 15 is 0 Å². The molecule has 0 spiro atoms. The van der Waals surface area contributed by atoms with Crippen LogP contribution < -0.4 is 9.64 Å². The Morgan fingerprint density at radius 2 is 1.88 bits per heavy atom. The van der Waals surface area contributed by atoms with Crippen molar-refractivity contribution in [2.75, 3.05) is 37.7 Å². The van der Waals surface area contributed by atoms with Gasteiger partial charge in [-0.1, -0.05) is 12.1 Å². The number of carbonyl (C=O) groups excluding carboxylic acids is 1. The fraction of sp³-hybridized carbons (Fsp3) is 0.320. The highest BCUT2D eigenvalue weighted by Gasteiger charge is 2.25. The molecule has 33 heavy (non-hydrogen) atoms. The van der Waals surface area contributed by atoms with Crippen LogP contribution in [-0.2, 0) is 0 Å². The van der Waals surface area contributed by atoms with Gasteiger partial charge < -0.3 is 19.5 Å². The summed E-state index contributed by atoms with van der Waals surface area (Å²) < 4.78 is 5.52. The molecule has 2 aromatic heterocycles. The molecule has 0 radical (unpaired) electrons. The molecule has 0 aliphatic carbocycles. The molecule has 3 heterocycles. The van der Waals surface area contributed by atoms with Crippen LogP contribution in [0.4, 0.5) is 5.95 Å². The van der Waals surface area contributed by atoms with Crippen LogP contribution in [0.3, 0.4) is 0 Å². The number of rotatable bonds is 5. The number of carbonyl (C=O) groups is 1. The number of thiazole rings is 1. The minimum atomic E-state index is 0.0636. The molecule has 0 unspecified atom stereocenters. The monoisotopic (exact) mass is 461 g/mol. The van der Waals surface area contributed by atoms with Gasteiger partial charge in [-0.15, -0.1) is 11.3 Å². The van der Waals surface area contributed by atoms with E-state index < -0.39 is 0 Å². The first-order valence-electron chi connectivity index (χ1n) is 11.3. The minimum Gasteiger partial charge on any atom is -0.494 e. The zero-order valence-electron chi connectivity index (χ0n) is 18.9. The van der Waals surface area contributed by atoms with Crippen LogP contribution in [0.15, 0.2) is 48.5 Å². The van der Waals surface area contributed by atoms with Crippen LogP contribution in [0.25, 0.3) is 21.6 Å². The lowest BCUT2D eigenvalue weighted by atomic mass is 10.2. The Morgan fingerprint density at radius 3 is 2.67 bits per heavy atom. The molecule has 1 saturated heterocycles. The van der Waals surface area contributed by atoms with Gasteiger partial charge >= 0.3 is 0 Å². The topological polar surface area (TPSA) is 74.3 Å². The number of aromatic amines is 1. The Kier molecular flexibility index (Phi) is 6.00. The number of aromatic nitrogens is 3. The van der Waals surface area contributed by atoms with Gasteiger partial charge in [0.1, 0.15) is 15.6 Å². The highest BCUT2D eigenvalue weighted by Crippen LogP contribution is 2.30. The molecular weight excluding hydrogens is 434 g/mol. The van der Waals surface area contributed by atoms with E-state index in [1.54, 1.807) is 0 Å². The van der Waals surface area contributed by atoms with E-state index in [0.717, 1.165) is 69.9 Å². The van der Waals surface area contributed by atoms with E-state index in [9.17, 15) is 4.79 Å². The van der Waals surface area contributed by atoms with Crippen LogP contribution in [-0.4, -0.2) is 58.5 Å². The molecule has 170 valence electrons. The Bertz CT molecular complexity index is 1230. The van der Waals surface area contributed by atoms with E-state index in [2.05, 4.69) is 14.9 Å². The SMILES string of the molecule is CCOc1ccc(-c2nc(C)c(C(=O)N3CCCN(c4nc5ccccc5[nH]4)CC3)s2)cc1. The number of aryl methyl sites for hydroxylation is 1. The van der Waals surface area contributed by atoms with E-state index in [0.29, 0.717) is 13.2 Å². The number of ether oxygens (including phenoxy) is 1. The number of anilines is 1. The molecule has 0 bridgehead atoms. The molecule has 4 aromatic rings. The third kappa shape index (κ3) is 4.43. The maximum atomic E-state index is 13.4. The van der Waals surface area contributed by atoms with Crippen molar-refractivity contribution in [2.24, 2.45) is 0 Å². The number of fused-ring (bicyclic) bond motifs is 1. The number of nitrogens with zero attached hydrogens (tertiary/aromatic N) is 4. The first-order valence-corrected chi connectivity index (χ1v) is 12.1. The molecule has 1 N–H and O–H groups in total. The number of amides is 1. The number of H-pyrrole nitrogens is 1. The van der Waals surface area contributed by atoms with Gasteiger partial charge in [-0.05, 0) is 56.7 Å². The number of imidazole rings is 1. The fourth-order valence-electron chi connectivity index (χ4n) is 4.14. The largest absolute Gasteiger partial charge is 0.494 e. The maximum absolute atomic E-state index is 13.4. The lowest BCUT2D eigenvalue weighted by molar-refractivity contribution is 0.0771. The van der Waals surface area contributed by atoms with Crippen molar-refractivity contribution < 1.29 is 9.53 Å². The molecular formula is C25H27N5O2S. The van der Waals surface area contributed by atoms with E-state index in [-0.39, 0.29) is 5.91 Å². The van der Waals surface area contributed by atoms with E-state index in [1.807, 2.05) is 67.3 Å². The summed E-state index contributed by atoms with van der Waals surface area (Å²) in [5.74, 6) is 1.77. The summed E-state index contributed by atoms with van der Waals surface area (Å²) in [5.41, 5.74) is 3.78. The van der Waals surface area contributed by atoms with Crippen molar-refractivity contribution in [3.63, 3.8) is 0 Å². The minimum absolute atomic E-state index is 0.0636. The van der Waals surface area contributed by atoms with Gasteiger partial charge in [0.15, 0.2) is 0 Å². The van der Waals surface area contributed by atoms with Crippen molar-refractivity contribution in [1.29, 1.82) is 0 Å². The van der Waals surface area contributed by atoms with Crippen LogP contribution >= 0.6 is 11.3 Å². The quantitative estimate of drug-likeness (QED) is 0.464. The van der Waals surface area contributed by atoms with Gasteiger partial charge in [0.05, 0.1) is 23.3 Å². The molecule has 1 aliphatic heterocycles. The number of benzene rings is 2. The van der Waals surface area contributed by atoms with E-state index in [4.69, 9.17) is 9.72 Å². The van der Waals surface area contributed by atoms with Gasteiger partial charge in [0, 0.05) is 31.7 Å². The predicted octanol–water partition coefficient (Wildman–Crippen LogP) is 4.75. The molecule has 8 heteroatoms. The van der Waals surface area contributed by atoms with E-state index in [1.165, 1.54) is 11.3 Å². The zero-order valence-corrected chi connectivity index (χ0v) is 19.7. The molecule has 1 fully saturated rings. The second-order valence-corrected chi connectivity index (χ2v) is 9.10. The molecule has 1 aliphatic rings. The Balaban J connectivity index is 1.29. The standard InChI is InChI=1S/C25H27N5O2S/c1-3-32-19-11-9-18(10-12-19)23-26-17(2)22(33-23)24(31)29-13-6-14-30(16-15-29)25-27-20-7-4-5-8-21(20)28-25/h4-5,7-12H,3,6,13-16H2,1-2H3,(H,27,28). The summed E-state index contributed by atoms with van der Waals surface area (Å²) in [7, 11) is 0. The lowest BCUT2D eigenvalue weighted by Gasteiger charge is -2.21. The summed E-state index contributed by atoms with van der Waals surface area (Å²) in [6.45, 7) is 7.52. The number of para-hydroxylation sites is 2. The number of hydrogen-bond donors (Lipinski definition) is 1. The summed E-state index contributed by atoms with van der Waals surface area (Å²) in [4.78, 5) is 31.1. The van der Waals surface area contributed by atoms with Crippen LogP contribution in [0.2, 0.25) is 0 Å². The normalized spacial score (nSPS) is 14.5. The van der Waals surface area contributed by atoms with Crippen molar-refractivity contribution in [1.82, 2.24) is 19.9 Å². The molecule has 2 aromatic carbocycles. The predicted molar refractivity (Wildman–Crippen MR) is 132 cm³/mol. The van der Waals surface area contributed by atoms with Crippen molar-refractivity contribution in [3.8, 4) is 16.3 Å². The second kappa shape index (κ2) is 9.23. The van der Waals surface area contributed by atoms with Gasteiger partial charge in [0.2, 0.25) is 5.95 Å². The molecule has 1 amide bonds. The lowest BCUT2D eigenvalue weighted by Crippen LogP contribution is -2.35. The summed E-state index contributed by atoms with van der Waals surface area (Å²) in [5, 5.41) is 0.859. The molecule has 7 nitrogen and oxygen atoms in total. The smallest absolute Gasteiger partial charge is 0.265 e. The highest BCUT2D eigenvalue weighted by atomic mass is 32.1. The average molecular weight is 462 g/mol. The van der Waals surface area contributed by atoms with Crippen LogP contribution in [0.5, 0.6) is 5.75 Å². The summed E-state index contributed by atoms with van der Waals surface area (Å²) >= 11 is 1.47. The third-order valence-corrected chi connectivity index (χ3v) is 7.06. The van der Waals surface area contributed by atoms with Crippen LogP contribution in [0.1, 0.15) is 28.7 Å². The Morgan fingerprint density at radius 1 is 1.06 bits per heavy atom. The Labute approximate surface area is 197 Å². The van der Waals surface area contributed by atoms with Gasteiger partial charge in [-0.2, -0.15) is 0 Å². The second-order valence-electron chi connectivity index (χ2n) is 8.10. The van der Waals surface area contributed by atoms with Crippen LogP contribution in [0, 0.1) is 6.92 Å². The fourth-order valence-corrected chi connectivity index (χ4v) is 5.18. The van der Waals surface area contributed by atoms with Crippen molar-refractivity contribution >= 4 is 34.2 Å². The molecule has 0 atom stereocenters. The number of nitrogens with one attached hydrogen (secondary N) is 1. The third-order valence-electron chi connectivity index (χ3n) is 5.86. The van der Waals surface area contributed by atoms with Gasteiger partial charge in [-0.25, -0.2) is 9.97 Å². The number of hydrogen-bond acceptors (Lipinski definition) is 6. The maximum Gasteiger partial charge on any atom is 0.265 e. The zero-order chi connectivity index (χ0) is 22.8.